The minimum absolute atomic E-state index is 0.240. The quantitative estimate of drug-likeness (QED) is 0.827. The Morgan fingerprint density at radius 2 is 2.11 bits per heavy atom. The Morgan fingerprint density at radius 1 is 1.42 bits per heavy atom. The number of benzene rings is 1. The number of hydrogen-bond acceptors (Lipinski definition) is 2. The zero-order valence-electron chi connectivity index (χ0n) is 11.4. The largest absolute Gasteiger partial charge is 0.358 e. The van der Waals surface area contributed by atoms with Gasteiger partial charge in [0.05, 0.1) is 0 Å². The van der Waals surface area contributed by atoms with Crippen LogP contribution in [0.2, 0.25) is 0 Å². The number of aromatic nitrogens is 1. The van der Waals surface area contributed by atoms with Crippen molar-refractivity contribution >= 4 is 16.8 Å². The number of aromatic amines is 1. The predicted molar refractivity (Wildman–Crippen MR) is 74.7 cm³/mol. The van der Waals surface area contributed by atoms with E-state index in [0.717, 1.165) is 16.6 Å². The highest BCUT2D eigenvalue weighted by atomic mass is 16.1. The van der Waals surface area contributed by atoms with Crippen molar-refractivity contribution in [2.45, 2.75) is 26.2 Å². The van der Waals surface area contributed by atoms with Gasteiger partial charge in [0.25, 0.3) is 0 Å². The first kappa shape index (κ1) is 13.2. The second kappa shape index (κ2) is 4.77. The number of nitriles is 1. The molecule has 0 atom stereocenters. The fraction of sp³-hybridized carbons (Fsp3) is 0.333. The lowest BCUT2D eigenvalue weighted by atomic mass is 9.82. The van der Waals surface area contributed by atoms with Crippen LogP contribution in [0.25, 0.3) is 10.9 Å². The Morgan fingerprint density at radius 3 is 2.79 bits per heavy atom. The van der Waals surface area contributed by atoms with E-state index < -0.39 is 5.91 Å². The summed E-state index contributed by atoms with van der Waals surface area (Å²) in [5.74, 6) is -0.592. The van der Waals surface area contributed by atoms with E-state index in [0.29, 0.717) is 6.54 Å². The van der Waals surface area contributed by atoms with E-state index in [9.17, 15) is 4.79 Å². The molecule has 98 valence electrons. The van der Waals surface area contributed by atoms with Crippen LogP contribution >= 0.6 is 0 Å². The number of fused-ring (bicyclic) bond motifs is 1. The predicted octanol–water partition coefficient (Wildman–Crippen LogP) is 2.39. The lowest BCUT2D eigenvalue weighted by Gasteiger charge is -2.25. The summed E-state index contributed by atoms with van der Waals surface area (Å²) >= 11 is 0. The molecule has 0 fully saturated rings. The Balaban J connectivity index is 2.40. The molecule has 0 saturated carbocycles. The smallest absolute Gasteiger partial charge is 0.322 e. The minimum Gasteiger partial charge on any atom is -0.358 e. The number of para-hydroxylation sites is 1. The third-order valence-electron chi connectivity index (χ3n) is 3.36. The van der Waals surface area contributed by atoms with Crippen LogP contribution in [0.5, 0.6) is 0 Å². The molecule has 2 aromatic rings. The molecule has 4 heteroatoms. The van der Waals surface area contributed by atoms with Crippen LogP contribution in [0.15, 0.2) is 24.3 Å². The minimum atomic E-state index is -0.592. The first-order valence-electron chi connectivity index (χ1n) is 6.21. The number of rotatable bonds is 3. The maximum atomic E-state index is 11.1. The summed E-state index contributed by atoms with van der Waals surface area (Å²) in [4.78, 5) is 14.5. The highest BCUT2D eigenvalue weighted by Crippen LogP contribution is 2.32. The van der Waals surface area contributed by atoms with Gasteiger partial charge in [0.1, 0.15) is 0 Å². The topological polar surface area (TPSA) is 68.7 Å². The number of nitrogens with zero attached hydrogens (tertiary/aromatic N) is 1. The standard InChI is InChI=1S/C15H17N3O/c1-10-14(11-6-4-5-7-12(11)18-10)15(2,3)9-17-13(19)8-16/h4-7,18H,9H2,1-3H3,(H,17,19). The van der Waals surface area contributed by atoms with Gasteiger partial charge in [-0.1, -0.05) is 32.0 Å². The second-order valence-electron chi connectivity index (χ2n) is 5.35. The van der Waals surface area contributed by atoms with Crippen molar-refractivity contribution in [1.82, 2.24) is 10.3 Å². The molecule has 1 heterocycles. The maximum Gasteiger partial charge on any atom is 0.322 e. The lowest BCUT2D eigenvalue weighted by Crippen LogP contribution is -2.36. The fourth-order valence-corrected chi connectivity index (χ4v) is 2.58. The summed E-state index contributed by atoms with van der Waals surface area (Å²) in [5, 5.41) is 12.3. The molecule has 1 amide bonds. The number of nitrogens with one attached hydrogen (secondary N) is 2. The molecule has 0 aliphatic heterocycles. The summed E-state index contributed by atoms with van der Waals surface area (Å²) in [6.45, 7) is 6.59. The highest BCUT2D eigenvalue weighted by Gasteiger charge is 2.26. The van der Waals surface area contributed by atoms with Gasteiger partial charge >= 0.3 is 5.91 Å². The molecule has 0 aliphatic rings. The van der Waals surface area contributed by atoms with Crippen molar-refractivity contribution in [2.75, 3.05) is 6.54 Å². The Labute approximate surface area is 112 Å². The lowest BCUT2D eigenvalue weighted by molar-refractivity contribution is -0.116. The van der Waals surface area contributed by atoms with E-state index in [-0.39, 0.29) is 5.41 Å². The Bertz CT molecular complexity index is 662. The monoisotopic (exact) mass is 255 g/mol. The average molecular weight is 255 g/mol. The maximum absolute atomic E-state index is 11.1. The third-order valence-corrected chi connectivity index (χ3v) is 3.36. The van der Waals surface area contributed by atoms with Crippen LogP contribution < -0.4 is 5.32 Å². The molecule has 4 nitrogen and oxygen atoms in total. The molecule has 0 unspecified atom stereocenters. The van der Waals surface area contributed by atoms with Crippen molar-refractivity contribution in [3.8, 4) is 6.07 Å². The molecule has 1 aromatic carbocycles. The number of hydrogen-bond donors (Lipinski definition) is 2. The van der Waals surface area contributed by atoms with Gasteiger partial charge in [-0.15, -0.1) is 0 Å². The van der Waals surface area contributed by atoms with Crippen LogP contribution in [0.3, 0.4) is 0 Å². The van der Waals surface area contributed by atoms with Crippen molar-refractivity contribution in [2.24, 2.45) is 0 Å². The molecule has 1 aromatic heterocycles. The SMILES string of the molecule is Cc1[nH]c2ccccc2c1C(C)(C)CNC(=O)C#N. The van der Waals surface area contributed by atoms with Crippen LogP contribution in [-0.4, -0.2) is 17.4 Å². The van der Waals surface area contributed by atoms with Gasteiger partial charge in [-0.2, -0.15) is 5.26 Å². The Kier molecular flexibility index (Phi) is 3.30. The molecule has 0 spiro atoms. The summed E-state index contributed by atoms with van der Waals surface area (Å²) in [6, 6.07) is 9.68. The first-order chi connectivity index (χ1) is 8.95. The average Bonchev–Trinajstić information content (AvgIpc) is 2.72. The summed E-state index contributed by atoms with van der Waals surface area (Å²) in [6.07, 6.45) is 0. The number of aryl methyl sites for hydroxylation is 1. The van der Waals surface area contributed by atoms with Gasteiger partial charge in [-0.3, -0.25) is 4.79 Å². The number of H-pyrrole nitrogens is 1. The van der Waals surface area contributed by atoms with Crippen LogP contribution in [0.4, 0.5) is 0 Å². The van der Waals surface area contributed by atoms with Gasteiger partial charge in [0, 0.05) is 28.6 Å². The zero-order valence-corrected chi connectivity index (χ0v) is 11.4. The van der Waals surface area contributed by atoms with Gasteiger partial charge < -0.3 is 10.3 Å². The molecule has 0 aliphatic carbocycles. The van der Waals surface area contributed by atoms with Crippen LogP contribution in [-0.2, 0) is 10.2 Å². The van der Waals surface area contributed by atoms with E-state index >= 15 is 0 Å². The molecule has 2 rings (SSSR count). The number of carbonyl (C=O) groups excluding carboxylic acids is 1. The normalized spacial score (nSPS) is 11.3. The van der Waals surface area contributed by atoms with E-state index in [1.807, 2.05) is 25.1 Å². The van der Waals surface area contributed by atoms with Gasteiger partial charge in [0.2, 0.25) is 0 Å². The van der Waals surface area contributed by atoms with Crippen LogP contribution in [0.1, 0.15) is 25.1 Å². The molecule has 19 heavy (non-hydrogen) atoms. The van der Waals surface area contributed by atoms with Crippen molar-refractivity contribution < 1.29 is 4.79 Å². The molecule has 2 N–H and O–H groups in total. The van der Waals surface area contributed by atoms with E-state index in [2.05, 4.69) is 30.2 Å². The summed E-state index contributed by atoms with van der Waals surface area (Å²) in [5.41, 5.74) is 3.13. The molecule has 0 radical (unpaired) electrons. The van der Waals surface area contributed by atoms with E-state index in [1.165, 1.54) is 5.56 Å². The second-order valence-corrected chi connectivity index (χ2v) is 5.35. The van der Waals surface area contributed by atoms with Crippen molar-refractivity contribution in [3.63, 3.8) is 0 Å². The number of carbonyl (C=O) groups is 1. The van der Waals surface area contributed by atoms with Crippen LogP contribution in [0, 0.1) is 18.3 Å². The first-order valence-corrected chi connectivity index (χ1v) is 6.21. The Hall–Kier alpha value is -2.28. The van der Waals surface area contributed by atoms with Gasteiger partial charge in [-0.05, 0) is 18.6 Å². The molecule has 0 bridgehead atoms. The zero-order chi connectivity index (χ0) is 14.0. The summed E-state index contributed by atoms with van der Waals surface area (Å²) in [7, 11) is 0. The highest BCUT2D eigenvalue weighted by molar-refractivity contribution is 5.91. The molecular weight excluding hydrogens is 238 g/mol. The van der Waals surface area contributed by atoms with Crippen molar-refractivity contribution in [3.05, 3.63) is 35.5 Å². The van der Waals surface area contributed by atoms with E-state index in [4.69, 9.17) is 5.26 Å². The molecule has 0 saturated heterocycles. The summed E-state index contributed by atoms with van der Waals surface area (Å²) < 4.78 is 0. The molecular formula is C15H17N3O. The van der Waals surface area contributed by atoms with E-state index in [1.54, 1.807) is 6.07 Å². The number of amides is 1. The third kappa shape index (κ3) is 2.45. The van der Waals surface area contributed by atoms with Gasteiger partial charge in [-0.25, -0.2) is 0 Å². The fourth-order valence-electron chi connectivity index (χ4n) is 2.58. The van der Waals surface area contributed by atoms with Crippen molar-refractivity contribution in [1.29, 1.82) is 5.26 Å². The van der Waals surface area contributed by atoms with Gasteiger partial charge in [0.15, 0.2) is 6.07 Å².